The fraction of sp³-hybridized carbons (Fsp3) is 0.615. The van der Waals surface area contributed by atoms with Crippen LogP contribution in [0.2, 0.25) is 0 Å². The van der Waals surface area contributed by atoms with Crippen molar-refractivity contribution >= 4 is 47.8 Å². The van der Waals surface area contributed by atoms with Crippen LogP contribution in [0.5, 0.6) is 0 Å². The van der Waals surface area contributed by atoms with Gasteiger partial charge in [0.2, 0.25) is 15.9 Å². The van der Waals surface area contributed by atoms with Gasteiger partial charge in [-0.25, -0.2) is 13.6 Å². The van der Waals surface area contributed by atoms with E-state index in [1.54, 1.807) is 23.1 Å². The number of carbonyl (C=O) groups is 1. The molecule has 5 nitrogen and oxygen atoms in total. The van der Waals surface area contributed by atoms with Gasteiger partial charge in [-0.05, 0) is 13.8 Å². The molecule has 2 N–H and O–H groups in total. The minimum Gasteiger partial charge on any atom is -0.343 e. The van der Waals surface area contributed by atoms with E-state index in [-0.39, 0.29) is 5.91 Å². The maximum atomic E-state index is 12.7. The first-order valence-corrected chi connectivity index (χ1v) is 10.2. The Morgan fingerprint density at radius 3 is 2.38 bits per heavy atom. The summed E-state index contributed by atoms with van der Waals surface area (Å²) in [6.07, 6.45) is 6.42. The van der Waals surface area contributed by atoms with Crippen molar-refractivity contribution < 1.29 is 13.2 Å². The topological polar surface area (TPSA) is 80.5 Å². The summed E-state index contributed by atoms with van der Waals surface area (Å²) in [4.78, 5) is 13.8. The molecule has 21 heavy (non-hydrogen) atoms. The third-order valence-electron chi connectivity index (χ3n) is 3.72. The Balaban J connectivity index is 3.43. The van der Waals surface area contributed by atoms with E-state index in [0.717, 1.165) is 0 Å². The number of hydrogen-bond acceptors (Lipinski definition) is 3. The van der Waals surface area contributed by atoms with Crippen molar-refractivity contribution in [3.63, 3.8) is 0 Å². The second kappa shape index (κ2) is 7.39. The average Bonchev–Trinajstić information content (AvgIpc) is 2.46. The smallest absolute Gasteiger partial charge is 0.231 e. The van der Waals surface area contributed by atoms with Crippen LogP contribution in [0, 0.1) is 5.92 Å². The van der Waals surface area contributed by atoms with Crippen molar-refractivity contribution in [2.45, 2.75) is 23.4 Å². The fourth-order valence-corrected chi connectivity index (χ4v) is 5.72. The Labute approximate surface area is 142 Å². The molecule has 1 aliphatic rings. The summed E-state index contributed by atoms with van der Waals surface area (Å²) in [6.45, 7) is 4.76. The molecule has 0 radical (unpaired) electrons. The molecule has 0 spiro atoms. The van der Waals surface area contributed by atoms with Gasteiger partial charge in [0.1, 0.15) is 4.75 Å². The molecule has 0 fully saturated rings. The molecule has 0 aromatic rings. The zero-order chi connectivity index (χ0) is 16.3. The van der Waals surface area contributed by atoms with Crippen LogP contribution in [-0.2, 0) is 14.8 Å². The van der Waals surface area contributed by atoms with Gasteiger partial charge in [0.05, 0.1) is 5.92 Å². The molecule has 3 atom stereocenters. The van der Waals surface area contributed by atoms with Crippen LogP contribution in [0.25, 0.3) is 0 Å². The number of sulfonamides is 1. The zero-order valence-electron chi connectivity index (χ0n) is 12.0. The maximum absolute atomic E-state index is 12.7. The number of rotatable bonds is 6. The quantitative estimate of drug-likeness (QED) is 0.635. The highest BCUT2D eigenvalue weighted by molar-refractivity contribution is 9.12. The van der Waals surface area contributed by atoms with E-state index in [9.17, 15) is 13.2 Å². The maximum Gasteiger partial charge on any atom is 0.231 e. The number of nitrogens with zero attached hydrogens (tertiary/aromatic N) is 1. The summed E-state index contributed by atoms with van der Waals surface area (Å²) in [7, 11) is -4.01. The first-order chi connectivity index (χ1) is 9.76. The number of primary sulfonamides is 1. The first kappa shape index (κ1) is 18.9. The third-order valence-corrected chi connectivity index (χ3v) is 8.28. The molecule has 0 aliphatic heterocycles. The number of carbonyl (C=O) groups excluding carboxylic acids is 1. The lowest BCUT2D eigenvalue weighted by Gasteiger charge is -2.40. The normalized spacial score (nSPS) is 26.6. The minimum atomic E-state index is -4.01. The van der Waals surface area contributed by atoms with Gasteiger partial charge < -0.3 is 4.90 Å². The molecule has 0 saturated heterocycles. The van der Waals surface area contributed by atoms with Crippen molar-refractivity contribution in [2.24, 2.45) is 11.1 Å². The molecule has 0 aromatic heterocycles. The molecule has 120 valence electrons. The monoisotopic (exact) mass is 442 g/mol. The molecule has 0 saturated carbocycles. The lowest BCUT2D eigenvalue weighted by molar-refractivity contribution is -0.134. The summed E-state index contributed by atoms with van der Waals surface area (Å²) in [5.74, 6) is -1.08. The number of alkyl halides is 2. The molecule has 8 heteroatoms. The van der Waals surface area contributed by atoms with Crippen molar-refractivity contribution in [1.29, 1.82) is 0 Å². The second-order valence-corrected chi connectivity index (χ2v) is 8.30. The van der Waals surface area contributed by atoms with Crippen LogP contribution in [-0.4, -0.2) is 47.2 Å². The Kier molecular flexibility index (Phi) is 6.64. The summed E-state index contributed by atoms with van der Waals surface area (Å²) < 4.78 is 23.1. The molecule has 1 amide bonds. The highest BCUT2D eigenvalue weighted by Gasteiger charge is 2.54. The molecule has 0 bridgehead atoms. The molecule has 0 heterocycles. The highest BCUT2D eigenvalue weighted by atomic mass is 79.9. The van der Waals surface area contributed by atoms with Gasteiger partial charge in [-0.2, -0.15) is 0 Å². The van der Waals surface area contributed by atoms with E-state index in [1.807, 2.05) is 13.8 Å². The minimum absolute atomic E-state index is 0.236. The van der Waals surface area contributed by atoms with E-state index in [1.165, 1.54) is 6.08 Å². The molecule has 3 unspecified atom stereocenters. The van der Waals surface area contributed by atoms with Gasteiger partial charge in [-0.15, -0.1) is 0 Å². The van der Waals surface area contributed by atoms with Gasteiger partial charge in [0, 0.05) is 23.2 Å². The van der Waals surface area contributed by atoms with Crippen LogP contribution < -0.4 is 5.14 Å². The average molecular weight is 444 g/mol. The largest absolute Gasteiger partial charge is 0.343 e. The number of allylic oxidation sites excluding steroid dienone is 2. The van der Waals surface area contributed by atoms with E-state index in [4.69, 9.17) is 5.14 Å². The standard InChI is InChI=1S/C13H20Br2N2O3S/c1-3-17(4-2)12(18)10-7-5-6-8-13(10,11(15)9-14)21(16,19)20/h5-8,10-11H,3-4,9H2,1-2H3,(H2,16,19,20). The van der Waals surface area contributed by atoms with Crippen LogP contribution in [0.4, 0.5) is 0 Å². The molecule has 0 aromatic carbocycles. The van der Waals surface area contributed by atoms with Crippen LogP contribution in [0.1, 0.15) is 13.8 Å². The van der Waals surface area contributed by atoms with Gasteiger partial charge in [0.25, 0.3) is 0 Å². The van der Waals surface area contributed by atoms with Crippen molar-refractivity contribution in [1.82, 2.24) is 4.90 Å². The van der Waals surface area contributed by atoms with Gasteiger partial charge in [-0.3, -0.25) is 4.79 Å². The molecular formula is C13H20Br2N2O3S. The summed E-state index contributed by atoms with van der Waals surface area (Å²) in [5, 5.41) is 5.85. The lowest BCUT2D eigenvalue weighted by atomic mass is 9.84. The van der Waals surface area contributed by atoms with E-state index in [0.29, 0.717) is 18.4 Å². The molecular weight excluding hydrogens is 424 g/mol. The van der Waals surface area contributed by atoms with Crippen LogP contribution in [0.15, 0.2) is 24.3 Å². The SMILES string of the molecule is CCN(CC)C(=O)C1C=CC=CC1(C(Br)CBr)S(N)(=O)=O. The third kappa shape index (κ3) is 3.43. The van der Waals surface area contributed by atoms with Crippen molar-refractivity contribution in [2.75, 3.05) is 18.4 Å². The van der Waals surface area contributed by atoms with E-state index >= 15 is 0 Å². The van der Waals surface area contributed by atoms with Gasteiger partial charge in [-0.1, -0.05) is 56.2 Å². The summed E-state index contributed by atoms with van der Waals surface area (Å²) >= 11 is 6.65. The summed E-state index contributed by atoms with van der Waals surface area (Å²) in [6, 6.07) is 0. The molecule has 1 aliphatic carbocycles. The Bertz CT molecular complexity index is 544. The number of amides is 1. The zero-order valence-corrected chi connectivity index (χ0v) is 16.0. The summed E-state index contributed by atoms with van der Waals surface area (Å²) in [5.41, 5.74) is 0. The predicted molar refractivity (Wildman–Crippen MR) is 92.0 cm³/mol. The van der Waals surface area contributed by atoms with E-state index < -0.39 is 25.5 Å². The number of halogens is 2. The van der Waals surface area contributed by atoms with Crippen molar-refractivity contribution in [3.05, 3.63) is 24.3 Å². The van der Waals surface area contributed by atoms with Gasteiger partial charge in [0.15, 0.2) is 0 Å². The number of hydrogen-bond donors (Lipinski definition) is 1. The second-order valence-electron chi connectivity index (χ2n) is 4.75. The van der Waals surface area contributed by atoms with Crippen LogP contribution >= 0.6 is 31.9 Å². The number of nitrogens with two attached hydrogens (primary N) is 1. The first-order valence-electron chi connectivity index (χ1n) is 6.63. The fourth-order valence-electron chi connectivity index (χ4n) is 2.51. The predicted octanol–water partition coefficient (Wildman–Crippen LogP) is 1.78. The lowest BCUT2D eigenvalue weighted by Crippen LogP contribution is -2.59. The Hall–Kier alpha value is -0.180. The highest BCUT2D eigenvalue weighted by Crippen LogP contribution is 2.40. The van der Waals surface area contributed by atoms with Gasteiger partial charge >= 0.3 is 0 Å². The Morgan fingerprint density at radius 2 is 1.95 bits per heavy atom. The van der Waals surface area contributed by atoms with Crippen LogP contribution in [0.3, 0.4) is 0 Å². The Morgan fingerprint density at radius 1 is 1.38 bits per heavy atom. The van der Waals surface area contributed by atoms with Crippen molar-refractivity contribution in [3.8, 4) is 0 Å². The van der Waals surface area contributed by atoms with E-state index in [2.05, 4.69) is 31.9 Å². The molecule has 1 rings (SSSR count).